The van der Waals surface area contributed by atoms with E-state index in [9.17, 15) is 8.42 Å². The molecular formula is C13H15NO4S. The molecule has 0 atom stereocenters. The molecular weight excluding hydrogens is 266 g/mol. The van der Waals surface area contributed by atoms with Crippen LogP contribution in [0.3, 0.4) is 0 Å². The van der Waals surface area contributed by atoms with Crippen molar-refractivity contribution in [2.75, 3.05) is 11.4 Å². The molecule has 0 saturated heterocycles. The zero-order valence-corrected chi connectivity index (χ0v) is 11.5. The van der Waals surface area contributed by atoms with Gasteiger partial charge < -0.3 is 9.52 Å². The van der Waals surface area contributed by atoms with E-state index >= 15 is 0 Å². The van der Waals surface area contributed by atoms with Crippen molar-refractivity contribution in [3.63, 3.8) is 0 Å². The van der Waals surface area contributed by atoms with Gasteiger partial charge in [0.1, 0.15) is 12.4 Å². The van der Waals surface area contributed by atoms with Gasteiger partial charge in [-0.3, -0.25) is 4.31 Å². The monoisotopic (exact) mass is 281 g/mol. The van der Waals surface area contributed by atoms with E-state index in [-0.39, 0.29) is 17.5 Å². The van der Waals surface area contributed by atoms with Crippen molar-refractivity contribution in [3.05, 3.63) is 47.7 Å². The second-order valence-corrected chi connectivity index (χ2v) is 6.04. The van der Waals surface area contributed by atoms with Crippen molar-refractivity contribution in [1.29, 1.82) is 0 Å². The SMILES string of the molecule is Cc1ccccc1N(C)S(=O)(=O)c1ccc(CO)o1. The molecule has 1 heterocycles. The van der Waals surface area contributed by atoms with Crippen molar-refractivity contribution in [3.8, 4) is 0 Å². The van der Waals surface area contributed by atoms with Gasteiger partial charge in [-0.25, -0.2) is 0 Å². The number of rotatable bonds is 4. The first-order valence-corrected chi connectivity index (χ1v) is 7.15. The summed E-state index contributed by atoms with van der Waals surface area (Å²) in [7, 11) is -2.28. The Morgan fingerprint density at radius 2 is 1.89 bits per heavy atom. The standard InChI is InChI=1S/C13H15NO4S/c1-10-5-3-4-6-12(10)14(2)19(16,17)13-8-7-11(9-15)18-13/h3-8,15H,9H2,1-2H3. The lowest BCUT2D eigenvalue weighted by Crippen LogP contribution is -2.26. The number of para-hydroxylation sites is 1. The maximum atomic E-state index is 12.4. The average molecular weight is 281 g/mol. The second kappa shape index (κ2) is 5.07. The fourth-order valence-electron chi connectivity index (χ4n) is 1.76. The van der Waals surface area contributed by atoms with Crippen LogP contribution in [-0.2, 0) is 16.6 Å². The van der Waals surface area contributed by atoms with Crippen LogP contribution in [0, 0.1) is 6.92 Å². The van der Waals surface area contributed by atoms with Crippen LogP contribution in [0.15, 0.2) is 45.9 Å². The van der Waals surface area contributed by atoms with Gasteiger partial charge >= 0.3 is 0 Å². The Bertz CT molecular complexity index is 675. The molecule has 2 aromatic rings. The number of anilines is 1. The molecule has 0 unspecified atom stereocenters. The zero-order valence-electron chi connectivity index (χ0n) is 10.7. The summed E-state index contributed by atoms with van der Waals surface area (Å²) in [5, 5.41) is 8.74. The number of sulfonamides is 1. The number of hydrogen-bond acceptors (Lipinski definition) is 4. The van der Waals surface area contributed by atoms with Crippen molar-refractivity contribution in [2.24, 2.45) is 0 Å². The van der Waals surface area contributed by atoms with Crippen molar-refractivity contribution in [1.82, 2.24) is 0 Å². The number of nitrogens with zero attached hydrogens (tertiary/aromatic N) is 1. The minimum atomic E-state index is -3.75. The van der Waals surface area contributed by atoms with E-state index in [1.54, 1.807) is 12.1 Å². The topological polar surface area (TPSA) is 70.8 Å². The summed E-state index contributed by atoms with van der Waals surface area (Å²) >= 11 is 0. The summed E-state index contributed by atoms with van der Waals surface area (Å²) < 4.78 is 31.0. The lowest BCUT2D eigenvalue weighted by molar-refractivity contribution is 0.236. The molecule has 2 rings (SSSR count). The predicted octanol–water partition coefficient (Wildman–Crippen LogP) is 1.91. The van der Waals surface area contributed by atoms with Gasteiger partial charge in [-0.05, 0) is 30.7 Å². The van der Waals surface area contributed by atoms with Crippen LogP contribution >= 0.6 is 0 Å². The summed E-state index contributed by atoms with van der Waals surface area (Å²) in [6.45, 7) is 1.51. The Labute approximate surface area is 112 Å². The van der Waals surface area contributed by atoms with Crippen LogP contribution in [0.2, 0.25) is 0 Å². The van der Waals surface area contributed by atoms with E-state index in [2.05, 4.69) is 0 Å². The molecule has 1 N–H and O–H groups in total. The molecule has 0 aliphatic rings. The smallest absolute Gasteiger partial charge is 0.297 e. The molecule has 5 nitrogen and oxygen atoms in total. The lowest BCUT2D eigenvalue weighted by Gasteiger charge is -2.19. The summed E-state index contributed by atoms with van der Waals surface area (Å²) in [5.41, 5.74) is 1.44. The Morgan fingerprint density at radius 3 is 2.47 bits per heavy atom. The van der Waals surface area contributed by atoms with Gasteiger partial charge in [-0.2, -0.15) is 8.42 Å². The van der Waals surface area contributed by atoms with Gasteiger partial charge in [0, 0.05) is 7.05 Å². The van der Waals surface area contributed by atoms with Crippen LogP contribution in [0.5, 0.6) is 0 Å². The first-order chi connectivity index (χ1) is 8.96. The highest BCUT2D eigenvalue weighted by Gasteiger charge is 2.25. The van der Waals surface area contributed by atoms with Gasteiger partial charge in [-0.15, -0.1) is 0 Å². The minimum Gasteiger partial charge on any atom is -0.445 e. The number of aryl methyl sites for hydroxylation is 1. The maximum absolute atomic E-state index is 12.4. The molecule has 19 heavy (non-hydrogen) atoms. The largest absolute Gasteiger partial charge is 0.445 e. The fourth-order valence-corrected chi connectivity index (χ4v) is 2.95. The van der Waals surface area contributed by atoms with Crippen molar-refractivity contribution < 1.29 is 17.9 Å². The van der Waals surface area contributed by atoms with Gasteiger partial charge in [0.2, 0.25) is 5.09 Å². The second-order valence-electron chi connectivity index (χ2n) is 4.14. The highest BCUT2D eigenvalue weighted by atomic mass is 32.2. The third kappa shape index (κ3) is 2.50. The Balaban J connectivity index is 2.42. The van der Waals surface area contributed by atoms with Gasteiger partial charge in [-0.1, -0.05) is 18.2 Å². The van der Waals surface area contributed by atoms with Gasteiger partial charge in [0.05, 0.1) is 5.69 Å². The number of hydrogen-bond donors (Lipinski definition) is 1. The van der Waals surface area contributed by atoms with Crippen LogP contribution in [0.1, 0.15) is 11.3 Å². The quantitative estimate of drug-likeness (QED) is 0.929. The van der Waals surface area contributed by atoms with E-state index in [1.807, 2.05) is 19.1 Å². The number of aliphatic hydroxyl groups excluding tert-OH is 1. The highest BCUT2D eigenvalue weighted by molar-refractivity contribution is 7.92. The molecule has 0 bridgehead atoms. The zero-order chi connectivity index (χ0) is 14.0. The molecule has 0 radical (unpaired) electrons. The average Bonchev–Trinajstić information content (AvgIpc) is 2.88. The molecule has 0 saturated carbocycles. The normalized spacial score (nSPS) is 11.5. The predicted molar refractivity (Wildman–Crippen MR) is 71.4 cm³/mol. The van der Waals surface area contributed by atoms with E-state index in [0.717, 1.165) is 5.56 Å². The Hall–Kier alpha value is -1.79. The van der Waals surface area contributed by atoms with E-state index in [1.165, 1.54) is 23.5 Å². The van der Waals surface area contributed by atoms with Crippen molar-refractivity contribution in [2.45, 2.75) is 18.6 Å². The van der Waals surface area contributed by atoms with E-state index < -0.39 is 10.0 Å². The lowest BCUT2D eigenvalue weighted by atomic mass is 10.2. The maximum Gasteiger partial charge on any atom is 0.297 e. The number of furan rings is 1. The third-order valence-corrected chi connectivity index (χ3v) is 4.51. The molecule has 0 aliphatic heterocycles. The third-order valence-electron chi connectivity index (χ3n) is 2.86. The Kier molecular flexibility index (Phi) is 3.64. The van der Waals surface area contributed by atoms with Gasteiger partial charge in [0.25, 0.3) is 10.0 Å². The summed E-state index contributed by atoms with van der Waals surface area (Å²) in [6, 6.07) is 9.96. The molecule has 0 aliphatic carbocycles. The summed E-state index contributed by atoms with van der Waals surface area (Å²) in [4.78, 5) is 0. The molecule has 0 spiro atoms. The minimum absolute atomic E-state index is 0.178. The Morgan fingerprint density at radius 1 is 1.21 bits per heavy atom. The van der Waals surface area contributed by atoms with Crippen LogP contribution < -0.4 is 4.31 Å². The molecule has 1 aromatic heterocycles. The fraction of sp³-hybridized carbons (Fsp3) is 0.231. The summed E-state index contributed by atoms with van der Waals surface area (Å²) in [6.07, 6.45) is 0. The van der Waals surface area contributed by atoms with Crippen LogP contribution in [0.25, 0.3) is 0 Å². The first-order valence-electron chi connectivity index (χ1n) is 5.71. The first kappa shape index (κ1) is 13.6. The number of aliphatic hydroxyl groups is 1. The van der Waals surface area contributed by atoms with Crippen LogP contribution in [-0.4, -0.2) is 20.6 Å². The van der Waals surface area contributed by atoms with Gasteiger partial charge in [0.15, 0.2) is 0 Å². The molecule has 6 heteroatoms. The molecule has 0 amide bonds. The van der Waals surface area contributed by atoms with Crippen LogP contribution in [0.4, 0.5) is 5.69 Å². The van der Waals surface area contributed by atoms with E-state index in [4.69, 9.17) is 9.52 Å². The molecule has 102 valence electrons. The molecule has 1 aromatic carbocycles. The summed E-state index contributed by atoms with van der Waals surface area (Å²) in [5.74, 6) is 0.219. The molecule has 0 fully saturated rings. The van der Waals surface area contributed by atoms with E-state index in [0.29, 0.717) is 5.69 Å². The van der Waals surface area contributed by atoms with Crippen molar-refractivity contribution >= 4 is 15.7 Å². The highest BCUT2D eigenvalue weighted by Crippen LogP contribution is 2.25. The number of benzene rings is 1.